The van der Waals surface area contributed by atoms with E-state index < -0.39 is 0 Å². The molecule has 0 spiro atoms. The van der Waals surface area contributed by atoms with Crippen LogP contribution in [0.15, 0.2) is 48.0 Å². The molecule has 27 heavy (non-hydrogen) atoms. The molecule has 1 unspecified atom stereocenters. The van der Waals surface area contributed by atoms with Gasteiger partial charge in [-0.15, -0.1) is 11.3 Å². The average Bonchev–Trinajstić information content (AvgIpc) is 3.14. The minimum Gasteiger partial charge on any atom is -0.484 e. The quantitative estimate of drug-likeness (QED) is 0.656. The number of likely N-dealkylation sites (N-methyl/N-ethyl adjacent to an activating group) is 1. The zero-order valence-corrected chi connectivity index (χ0v) is 16.0. The number of carbonyl (C=O) groups excluding carboxylic acids is 2. The second-order valence-electron chi connectivity index (χ2n) is 6.04. The van der Waals surface area contributed by atoms with Gasteiger partial charge < -0.3 is 15.4 Å². The van der Waals surface area contributed by atoms with Gasteiger partial charge in [-0.05, 0) is 49.7 Å². The summed E-state index contributed by atoms with van der Waals surface area (Å²) < 4.78 is 6.49. The highest BCUT2D eigenvalue weighted by Crippen LogP contribution is 2.22. The minimum atomic E-state index is -0.206. The molecule has 2 N–H and O–H groups in total. The fourth-order valence-electron chi connectivity index (χ4n) is 2.63. The first-order valence-corrected chi connectivity index (χ1v) is 9.58. The Balaban J connectivity index is 1.64. The highest BCUT2D eigenvalue weighted by Gasteiger charge is 2.13. The van der Waals surface area contributed by atoms with Gasteiger partial charge in [0.05, 0.1) is 21.8 Å². The minimum absolute atomic E-state index is 0.0348. The van der Waals surface area contributed by atoms with E-state index in [1.807, 2.05) is 44.2 Å². The van der Waals surface area contributed by atoms with E-state index in [2.05, 4.69) is 15.6 Å². The molecule has 0 radical (unpaired) electrons. The second-order valence-corrected chi connectivity index (χ2v) is 6.93. The van der Waals surface area contributed by atoms with Crippen LogP contribution in [0, 0.1) is 0 Å². The number of carbonyl (C=O) groups is 2. The fraction of sp³-hybridized carbons (Fsp3) is 0.250. The van der Waals surface area contributed by atoms with Gasteiger partial charge in [0.15, 0.2) is 6.61 Å². The molecule has 1 aromatic heterocycles. The van der Waals surface area contributed by atoms with Crippen molar-refractivity contribution in [2.45, 2.75) is 19.9 Å². The summed E-state index contributed by atoms with van der Waals surface area (Å²) in [6, 6.07) is 12.6. The Hall–Kier alpha value is -2.93. The zero-order valence-electron chi connectivity index (χ0n) is 15.2. The Labute approximate surface area is 161 Å². The van der Waals surface area contributed by atoms with E-state index in [0.29, 0.717) is 17.9 Å². The predicted molar refractivity (Wildman–Crippen MR) is 106 cm³/mol. The van der Waals surface area contributed by atoms with Gasteiger partial charge in [0.1, 0.15) is 5.75 Å². The van der Waals surface area contributed by atoms with Crippen LogP contribution in [0.5, 0.6) is 5.75 Å². The Morgan fingerprint density at radius 2 is 2.07 bits per heavy atom. The Bertz CT molecular complexity index is 954. The van der Waals surface area contributed by atoms with Gasteiger partial charge in [0.2, 0.25) is 0 Å². The number of thiazole rings is 1. The van der Waals surface area contributed by atoms with Gasteiger partial charge in [0.25, 0.3) is 11.8 Å². The van der Waals surface area contributed by atoms with Crippen LogP contribution in [0.4, 0.5) is 0 Å². The SMILES string of the molecule is CCNC(=O)COc1cccc(C(C)NC(=O)c2ccc3ncsc3c2)c1. The van der Waals surface area contributed by atoms with Gasteiger partial charge in [-0.3, -0.25) is 9.59 Å². The molecule has 0 aliphatic heterocycles. The second kappa shape index (κ2) is 8.64. The van der Waals surface area contributed by atoms with Crippen molar-refractivity contribution in [3.63, 3.8) is 0 Å². The first kappa shape index (κ1) is 18.8. The molecule has 2 amide bonds. The molecule has 3 rings (SSSR count). The number of nitrogens with one attached hydrogen (secondary N) is 2. The molecule has 0 saturated carbocycles. The van der Waals surface area contributed by atoms with Crippen molar-refractivity contribution in [2.24, 2.45) is 0 Å². The average molecular weight is 383 g/mol. The molecule has 1 heterocycles. The summed E-state index contributed by atoms with van der Waals surface area (Å²) in [6.45, 7) is 4.30. The van der Waals surface area contributed by atoms with Gasteiger partial charge in [-0.1, -0.05) is 12.1 Å². The molecular weight excluding hydrogens is 362 g/mol. The number of nitrogens with zero attached hydrogens (tertiary/aromatic N) is 1. The highest BCUT2D eigenvalue weighted by molar-refractivity contribution is 7.16. The van der Waals surface area contributed by atoms with E-state index in [1.54, 1.807) is 17.6 Å². The topological polar surface area (TPSA) is 80.3 Å². The molecule has 7 heteroatoms. The molecule has 0 bridgehead atoms. The third kappa shape index (κ3) is 4.83. The molecule has 0 aliphatic rings. The molecule has 2 aromatic carbocycles. The monoisotopic (exact) mass is 383 g/mol. The van der Waals surface area contributed by atoms with Crippen LogP contribution in [0.25, 0.3) is 10.2 Å². The first-order valence-electron chi connectivity index (χ1n) is 8.70. The molecule has 0 aliphatic carbocycles. The maximum absolute atomic E-state index is 12.6. The molecule has 3 aromatic rings. The largest absolute Gasteiger partial charge is 0.484 e. The maximum atomic E-state index is 12.6. The summed E-state index contributed by atoms with van der Waals surface area (Å²) in [4.78, 5) is 28.3. The van der Waals surface area contributed by atoms with Gasteiger partial charge >= 0.3 is 0 Å². The summed E-state index contributed by atoms with van der Waals surface area (Å²) >= 11 is 1.51. The van der Waals surface area contributed by atoms with E-state index >= 15 is 0 Å². The van der Waals surface area contributed by atoms with Crippen LogP contribution in [0.1, 0.15) is 35.8 Å². The fourth-order valence-corrected chi connectivity index (χ4v) is 3.35. The lowest BCUT2D eigenvalue weighted by molar-refractivity contribution is -0.122. The van der Waals surface area contributed by atoms with Crippen molar-refractivity contribution in [3.8, 4) is 5.75 Å². The summed E-state index contributed by atoms with van der Waals surface area (Å²) in [5.41, 5.74) is 4.15. The number of hydrogen-bond donors (Lipinski definition) is 2. The van der Waals surface area contributed by atoms with Gasteiger partial charge in [-0.25, -0.2) is 4.98 Å². The van der Waals surface area contributed by atoms with E-state index in [-0.39, 0.29) is 24.5 Å². The summed E-state index contributed by atoms with van der Waals surface area (Å²) in [6.07, 6.45) is 0. The van der Waals surface area contributed by atoms with E-state index in [0.717, 1.165) is 15.8 Å². The molecule has 0 fully saturated rings. The molecule has 140 valence electrons. The van der Waals surface area contributed by atoms with Gasteiger partial charge in [-0.2, -0.15) is 0 Å². The van der Waals surface area contributed by atoms with E-state index in [4.69, 9.17) is 4.74 Å². The summed E-state index contributed by atoms with van der Waals surface area (Å²) in [7, 11) is 0. The zero-order chi connectivity index (χ0) is 19.2. The van der Waals surface area contributed by atoms with Crippen LogP contribution in [-0.4, -0.2) is 29.9 Å². The summed E-state index contributed by atoms with van der Waals surface area (Å²) in [5.74, 6) is 0.278. The lowest BCUT2D eigenvalue weighted by Gasteiger charge is -2.16. The van der Waals surface area contributed by atoms with Crippen molar-refractivity contribution >= 4 is 33.4 Å². The Kier molecular flexibility index (Phi) is 6.03. The Morgan fingerprint density at radius 3 is 2.89 bits per heavy atom. The van der Waals surface area contributed by atoms with Crippen molar-refractivity contribution in [2.75, 3.05) is 13.2 Å². The van der Waals surface area contributed by atoms with Crippen LogP contribution in [-0.2, 0) is 4.79 Å². The standard InChI is InChI=1S/C20H21N3O3S/c1-3-21-19(24)11-26-16-6-4-5-14(9-16)13(2)23-20(25)15-7-8-17-18(10-15)27-12-22-17/h4-10,12-13H,3,11H2,1-2H3,(H,21,24)(H,23,25). The van der Waals surface area contributed by atoms with Crippen LogP contribution >= 0.6 is 11.3 Å². The van der Waals surface area contributed by atoms with Crippen LogP contribution in [0.2, 0.25) is 0 Å². The number of hydrogen-bond acceptors (Lipinski definition) is 5. The third-order valence-electron chi connectivity index (χ3n) is 4.04. The smallest absolute Gasteiger partial charge is 0.257 e. The predicted octanol–water partition coefficient (Wildman–Crippen LogP) is 3.30. The van der Waals surface area contributed by atoms with Crippen molar-refractivity contribution in [1.82, 2.24) is 15.6 Å². The number of fused-ring (bicyclic) bond motifs is 1. The number of rotatable bonds is 7. The summed E-state index contributed by atoms with van der Waals surface area (Å²) in [5, 5.41) is 5.68. The molecule has 6 nitrogen and oxygen atoms in total. The van der Waals surface area contributed by atoms with Crippen LogP contribution in [0.3, 0.4) is 0 Å². The molecular formula is C20H21N3O3S. The highest BCUT2D eigenvalue weighted by atomic mass is 32.1. The van der Waals surface area contributed by atoms with Crippen molar-refractivity contribution in [1.29, 1.82) is 0 Å². The molecule has 0 saturated heterocycles. The van der Waals surface area contributed by atoms with Gasteiger partial charge in [0, 0.05) is 12.1 Å². The van der Waals surface area contributed by atoms with Crippen molar-refractivity contribution < 1.29 is 14.3 Å². The first-order chi connectivity index (χ1) is 13.1. The normalized spacial score (nSPS) is 11.8. The lowest BCUT2D eigenvalue weighted by atomic mass is 10.1. The number of amides is 2. The number of benzene rings is 2. The van der Waals surface area contributed by atoms with Crippen LogP contribution < -0.4 is 15.4 Å². The molecule has 1 atom stereocenters. The Morgan fingerprint density at radius 1 is 1.22 bits per heavy atom. The maximum Gasteiger partial charge on any atom is 0.257 e. The number of ether oxygens (including phenoxy) is 1. The van der Waals surface area contributed by atoms with E-state index in [9.17, 15) is 9.59 Å². The van der Waals surface area contributed by atoms with Crippen molar-refractivity contribution in [3.05, 3.63) is 59.1 Å². The third-order valence-corrected chi connectivity index (χ3v) is 4.83. The lowest BCUT2D eigenvalue weighted by Crippen LogP contribution is -2.28. The van der Waals surface area contributed by atoms with E-state index in [1.165, 1.54) is 11.3 Å². The number of aromatic nitrogens is 1.